The molecule has 0 spiro atoms. The highest BCUT2D eigenvalue weighted by atomic mass is 16.5. The third-order valence-electron chi connectivity index (χ3n) is 2.57. The van der Waals surface area contributed by atoms with E-state index in [1.807, 2.05) is 30.3 Å². The van der Waals surface area contributed by atoms with Gasteiger partial charge in [0.25, 0.3) is 0 Å². The van der Waals surface area contributed by atoms with E-state index < -0.39 is 0 Å². The monoisotopic (exact) mass is 208 g/mol. The SMILES string of the molecule is O[C@H]1CCO[C@@H]1COCc1ccccc1. The second-order valence-electron chi connectivity index (χ2n) is 3.77. The summed E-state index contributed by atoms with van der Waals surface area (Å²) in [5, 5.41) is 9.48. The molecule has 3 heteroatoms. The van der Waals surface area contributed by atoms with Crippen molar-refractivity contribution < 1.29 is 14.6 Å². The zero-order valence-corrected chi connectivity index (χ0v) is 8.63. The van der Waals surface area contributed by atoms with Crippen LogP contribution < -0.4 is 0 Å². The van der Waals surface area contributed by atoms with Crippen LogP contribution in [0, 0.1) is 0 Å². The first kappa shape index (κ1) is 10.6. The maximum absolute atomic E-state index is 9.48. The van der Waals surface area contributed by atoms with Crippen LogP contribution >= 0.6 is 0 Å². The quantitative estimate of drug-likeness (QED) is 0.811. The van der Waals surface area contributed by atoms with Gasteiger partial charge in [-0.3, -0.25) is 0 Å². The highest BCUT2D eigenvalue weighted by molar-refractivity contribution is 5.13. The summed E-state index contributed by atoms with van der Waals surface area (Å²) < 4.78 is 10.8. The molecule has 1 fully saturated rings. The average Bonchev–Trinajstić information content (AvgIpc) is 2.66. The van der Waals surface area contributed by atoms with Gasteiger partial charge < -0.3 is 14.6 Å². The van der Waals surface area contributed by atoms with Crippen LogP contribution in [0.3, 0.4) is 0 Å². The molecule has 1 aromatic carbocycles. The average molecular weight is 208 g/mol. The molecular weight excluding hydrogens is 192 g/mol. The molecule has 0 unspecified atom stereocenters. The fourth-order valence-corrected chi connectivity index (χ4v) is 1.66. The zero-order valence-electron chi connectivity index (χ0n) is 8.63. The van der Waals surface area contributed by atoms with E-state index in [1.54, 1.807) is 0 Å². The summed E-state index contributed by atoms with van der Waals surface area (Å²) in [5.41, 5.74) is 1.14. The summed E-state index contributed by atoms with van der Waals surface area (Å²) in [4.78, 5) is 0. The molecule has 15 heavy (non-hydrogen) atoms. The van der Waals surface area contributed by atoms with Crippen LogP contribution in [0.2, 0.25) is 0 Å². The molecule has 1 aliphatic heterocycles. The molecule has 82 valence electrons. The number of rotatable bonds is 4. The van der Waals surface area contributed by atoms with Crippen LogP contribution in [0.4, 0.5) is 0 Å². The van der Waals surface area contributed by atoms with Crippen molar-refractivity contribution in [2.45, 2.75) is 25.2 Å². The van der Waals surface area contributed by atoms with Crippen molar-refractivity contribution in [2.75, 3.05) is 13.2 Å². The lowest BCUT2D eigenvalue weighted by molar-refractivity contribution is -0.0288. The predicted octanol–water partition coefficient (Wildman–Crippen LogP) is 1.35. The Morgan fingerprint density at radius 3 is 2.80 bits per heavy atom. The molecule has 2 atom stereocenters. The van der Waals surface area contributed by atoms with Gasteiger partial charge in [-0.1, -0.05) is 30.3 Å². The highest BCUT2D eigenvalue weighted by Gasteiger charge is 2.25. The maximum atomic E-state index is 9.48. The first-order valence-electron chi connectivity index (χ1n) is 5.27. The highest BCUT2D eigenvalue weighted by Crippen LogP contribution is 2.14. The van der Waals surface area contributed by atoms with E-state index in [4.69, 9.17) is 9.47 Å². The molecule has 0 aromatic heterocycles. The topological polar surface area (TPSA) is 38.7 Å². The van der Waals surface area contributed by atoms with Gasteiger partial charge in [0.1, 0.15) is 6.10 Å². The van der Waals surface area contributed by atoms with Gasteiger partial charge in [-0.05, 0) is 12.0 Å². The van der Waals surface area contributed by atoms with E-state index >= 15 is 0 Å². The molecule has 1 aromatic rings. The summed E-state index contributed by atoms with van der Waals surface area (Å²) in [5.74, 6) is 0. The van der Waals surface area contributed by atoms with Gasteiger partial charge in [-0.2, -0.15) is 0 Å². The van der Waals surface area contributed by atoms with Crippen LogP contribution in [0.5, 0.6) is 0 Å². The number of aliphatic hydroxyl groups excluding tert-OH is 1. The molecular formula is C12H16O3. The molecule has 0 radical (unpaired) electrons. The van der Waals surface area contributed by atoms with Gasteiger partial charge in [-0.15, -0.1) is 0 Å². The van der Waals surface area contributed by atoms with Crippen molar-refractivity contribution in [1.82, 2.24) is 0 Å². The van der Waals surface area contributed by atoms with Gasteiger partial charge in [0.15, 0.2) is 0 Å². The molecule has 2 rings (SSSR count). The molecule has 0 amide bonds. The number of ether oxygens (including phenoxy) is 2. The Kier molecular flexibility index (Phi) is 3.72. The summed E-state index contributed by atoms with van der Waals surface area (Å²) in [7, 11) is 0. The van der Waals surface area contributed by atoms with E-state index in [-0.39, 0.29) is 12.2 Å². The molecule has 0 saturated carbocycles. The molecule has 1 heterocycles. The van der Waals surface area contributed by atoms with Crippen molar-refractivity contribution >= 4 is 0 Å². The van der Waals surface area contributed by atoms with E-state index in [1.165, 1.54) is 0 Å². The van der Waals surface area contributed by atoms with E-state index in [9.17, 15) is 5.11 Å². The molecule has 0 bridgehead atoms. The van der Waals surface area contributed by atoms with Crippen LogP contribution in [0.1, 0.15) is 12.0 Å². The minimum atomic E-state index is -0.360. The predicted molar refractivity (Wildman–Crippen MR) is 56.5 cm³/mol. The Bertz CT molecular complexity index is 286. The molecule has 1 aliphatic rings. The van der Waals surface area contributed by atoms with Crippen molar-refractivity contribution in [3.63, 3.8) is 0 Å². The van der Waals surface area contributed by atoms with Gasteiger partial charge >= 0.3 is 0 Å². The van der Waals surface area contributed by atoms with Gasteiger partial charge in [-0.25, -0.2) is 0 Å². The summed E-state index contributed by atoms with van der Waals surface area (Å²) in [6, 6.07) is 9.99. The third-order valence-corrected chi connectivity index (χ3v) is 2.57. The minimum absolute atomic E-state index is 0.145. The first-order valence-corrected chi connectivity index (χ1v) is 5.27. The van der Waals surface area contributed by atoms with Crippen molar-refractivity contribution in [1.29, 1.82) is 0 Å². The normalized spacial score (nSPS) is 25.7. The Balaban J connectivity index is 1.71. The number of benzene rings is 1. The Morgan fingerprint density at radius 2 is 2.13 bits per heavy atom. The lowest BCUT2D eigenvalue weighted by Crippen LogP contribution is -2.26. The fraction of sp³-hybridized carbons (Fsp3) is 0.500. The molecule has 3 nitrogen and oxygen atoms in total. The zero-order chi connectivity index (χ0) is 10.5. The van der Waals surface area contributed by atoms with E-state index in [0.29, 0.717) is 19.8 Å². The summed E-state index contributed by atoms with van der Waals surface area (Å²) in [6.07, 6.45) is 0.216. The second-order valence-corrected chi connectivity index (χ2v) is 3.77. The molecule has 1 N–H and O–H groups in total. The van der Waals surface area contributed by atoms with Crippen LogP contribution in [0.15, 0.2) is 30.3 Å². The van der Waals surface area contributed by atoms with E-state index in [2.05, 4.69) is 0 Å². The summed E-state index contributed by atoms with van der Waals surface area (Å²) in [6.45, 7) is 1.68. The number of aliphatic hydroxyl groups is 1. The first-order chi connectivity index (χ1) is 7.36. The Hall–Kier alpha value is -0.900. The largest absolute Gasteiger partial charge is 0.390 e. The van der Waals surface area contributed by atoms with Crippen LogP contribution in [0.25, 0.3) is 0 Å². The Morgan fingerprint density at radius 1 is 1.33 bits per heavy atom. The molecule has 0 aliphatic carbocycles. The van der Waals surface area contributed by atoms with E-state index in [0.717, 1.165) is 12.0 Å². The fourth-order valence-electron chi connectivity index (χ4n) is 1.66. The Labute approximate surface area is 89.6 Å². The van der Waals surface area contributed by atoms with Crippen molar-refractivity contribution in [3.05, 3.63) is 35.9 Å². The third kappa shape index (κ3) is 3.02. The van der Waals surface area contributed by atoms with Crippen LogP contribution in [-0.2, 0) is 16.1 Å². The summed E-state index contributed by atoms with van der Waals surface area (Å²) >= 11 is 0. The maximum Gasteiger partial charge on any atom is 0.107 e. The van der Waals surface area contributed by atoms with Crippen LogP contribution in [-0.4, -0.2) is 30.5 Å². The lowest BCUT2D eigenvalue weighted by Gasteiger charge is -2.13. The van der Waals surface area contributed by atoms with Crippen molar-refractivity contribution in [2.24, 2.45) is 0 Å². The number of hydrogen-bond donors (Lipinski definition) is 1. The standard InChI is InChI=1S/C12H16O3/c13-11-6-7-15-12(11)9-14-8-10-4-2-1-3-5-10/h1-5,11-13H,6-9H2/t11-,12+/m0/s1. The van der Waals surface area contributed by atoms with Gasteiger partial charge in [0.05, 0.1) is 19.3 Å². The second kappa shape index (κ2) is 5.26. The lowest BCUT2D eigenvalue weighted by atomic mass is 10.2. The van der Waals surface area contributed by atoms with Gasteiger partial charge in [0.2, 0.25) is 0 Å². The number of hydrogen-bond acceptors (Lipinski definition) is 3. The smallest absolute Gasteiger partial charge is 0.107 e. The van der Waals surface area contributed by atoms with Gasteiger partial charge in [0, 0.05) is 6.61 Å². The minimum Gasteiger partial charge on any atom is -0.390 e. The van der Waals surface area contributed by atoms with Crippen molar-refractivity contribution in [3.8, 4) is 0 Å². The molecule has 1 saturated heterocycles.